The summed E-state index contributed by atoms with van der Waals surface area (Å²) in [6, 6.07) is 6.94. The molecule has 0 aliphatic rings. The van der Waals surface area contributed by atoms with Gasteiger partial charge in [0.15, 0.2) is 5.82 Å². The van der Waals surface area contributed by atoms with E-state index in [0.717, 1.165) is 17.7 Å². The van der Waals surface area contributed by atoms with E-state index in [2.05, 4.69) is 20.5 Å². The van der Waals surface area contributed by atoms with E-state index in [1.807, 2.05) is 38.1 Å². The third kappa shape index (κ3) is 4.94. The molecule has 8 heteroatoms. The minimum atomic E-state index is -0.510. The molecular weight excluding hydrogens is 330 g/mol. The molecular formula is C16H24ClN5O2. The van der Waals surface area contributed by atoms with Crippen molar-refractivity contribution in [2.45, 2.75) is 32.9 Å². The van der Waals surface area contributed by atoms with E-state index >= 15 is 0 Å². The van der Waals surface area contributed by atoms with Gasteiger partial charge in [-0.05, 0) is 30.2 Å². The van der Waals surface area contributed by atoms with Crippen molar-refractivity contribution in [1.82, 2.24) is 20.5 Å². The second kappa shape index (κ2) is 9.24. The van der Waals surface area contributed by atoms with E-state index in [1.165, 1.54) is 0 Å². The van der Waals surface area contributed by atoms with E-state index in [4.69, 9.17) is 10.5 Å². The number of nitrogens with one attached hydrogen (secondary N) is 2. The Morgan fingerprint density at radius 2 is 2.04 bits per heavy atom. The van der Waals surface area contributed by atoms with Crippen molar-refractivity contribution >= 4 is 18.3 Å². The van der Waals surface area contributed by atoms with Crippen LogP contribution in [0.4, 0.5) is 0 Å². The number of benzene rings is 1. The van der Waals surface area contributed by atoms with Crippen LogP contribution in [0.25, 0.3) is 11.4 Å². The van der Waals surface area contributed by atoms with Crippen LogP contribution in [-0.2, 0) is 11.3 Å². The van der Waals surface area contributed by atoms with Crippen molar-refractivity contribution in [1.29, 1.82) is 0 Å². The Bertz CT molecular complexity index is 644. The summed E-state index contributed by atoms with van der Waals surface area (Å²) in [5.41, 5.74) is 6.76. The summed E-state index contributed by atoms with van der Waals surface area (Å²) in [7, 11) is 1.62. The number of ether oxygens (including phenoxy) is 1. The summed E-state index contributed by atoms with van der Waals surface area (Å²) in [5, 5.41) is 9.76. The molecule has 1 amide bonds. The maximum Gasteiger partial charge on any atom is 0.237 e. The van der Waals surface area contributed by atoms with Crippen molar-refractivity contribution in [2.24, 2.45) is 11.7 Å². The zero-order valence-electron chi connectivity index (χ0n) is 14.1. The maximum atomic E-state index is 12.0. The van der Waals surface area contributed by atoms with Crippen LogP contribution in [0, 0.1) is 5.92 Å². The van der Waals surface area contributed by atoms with Crippen LogP contribution in [0.15, 0.2) is 24.3 Å². The minimum absolute atomic E-state index is 0. The number of nitrogens with zero attached hydrogens (tertiary/aromatic N) is 2. The number of H-pyrrole nitrogens is 1. The number of hydrogen-bond acceptors (Lipinski definition) is 5. The normalized spacial score (nSPS) is 12.8. The van der Waals surface area contributed by atoms with Gasteiger partial charge in [-0.2, -0.15) is 5.10 Å². The Labute approximate surface area is 147 Å². The molecule has 0 aliphatic heterocycles. The van der Waals surface area contributed by atoms with Gasteiger partial charge in [-0.1, -0.05) is 20.3 Å². The van der Waals surface area contributed by atoms with Gasteiger partial charge in [0.2, 0.25) is 5.91 Å². The summed E-state index contributed by atoms with van der Waals surface area (Å²) >= 11 is 0. The molecule has 1 aromatic carbocycles. The number of hydrogen-bond donors (Lipinski definition) is 3. The molecule has 4 N–H and O–H groups in total. The molecule has 0 radical (unpaired) electrons. The quantitative estimate of drug-likeness (QED) is 0.704. The highest BCUT2D eigenvalue weighted by molar-refractivity contribution is 5.85. The minimum Gasteiger partial charge on any atom is -0.497 e. The number of aromatic nitrogens is 3. The lowest BCUT2D eigenvalue weighted by Gasteiger charge is -2.17. The predicted octanol–water partition coefficient (Wildman–Crippen LogP) is 1.89. The van der Waals surface area contributed by atoms with E-state index in [0.29, 0.717) is 11.6 Å². The average Bonchev–Trinajstić information content (AvgIpc) is 3.07. The van der Waals surface area contributed by atoms with Gasteiger partial charge in [-0.25, -0.2) is 4.98 Å². The van der Waals surface area contributed by atoms with Crippen molar-refractivity contribution in [2.75, 3.05) is 7.11 Å². The molecule has 2 unspecified atom stereocenters. The largest absolute Gasteiger partial charge is 0.497 e. The van der Waals surface area contributed by atoms with Crippen molar-refractivity contribution in [3.63, 3.8) is 0 Å². The third-order valence-electron chi connectivity index (χ3n) is 3.87. The standard InChI is InChI=1S/C16H23N5O2.ClH/c1-4-10(2)14(17)16(22)18-9-13-19-15(21-20-13)11-5-7-12(23-3)8-6-11;/h5-8,10,14H,4,9,17H2,1-3H3,(H,18,22)(H,19,20,21);1H. The third-order valence-corrected chi connectivity index (χ3v) is 3.87. The molecule has 132 valence electrons. The van der Waals surface area contributed by atoms with Gasteiger partial charge < -0.3 is 15.8 Å². The van der Waals surface area contributed by atoms with Crippen LogP contribution in [0.1, 0.15) is 26.1 Å². The molecule has 0 saturated heterocycles. The summed E-state index contributed by atoms with van der Waals surface area (Å²) in [6.07, 6.45) is 0.860. The van der Waals surface area contributed by atoms with Gasteiger partial charge >= 0.3 is 0 Å². The Morgan fingerprint density at radius 1 is 1.38 bits per heavy atom. The topological polar surface area (TPSA) is 106 Å². The molecule has 0 fully saturated rings. The predicted molar refractivity (Wildman–Crippen MR) is 94.9 cm³/mol. The molecule has 0 bridgehead atoms. The second-order valence-electron chi connectivity index (χ2n) is 5.46. The average molecular weight is 354 g/mol. The summed E-state index contributed by atoms with van der Waals surface area (Å²) in [5.74, 6) is 1.89. The fraction of sp³-hybridized carbons (Fsp3) is 0.438. The lowest BCUT2D eigenvalue weighted by Crippen LogP contribution is -2.44. The van der Waals surface area contributed by atoms with Crippen molar-refractivity contribution in [3.05, 3.63) is 30.1 Å². The van der Waals surface area contributed by atoms with E-state index in [-0.39, 0.29) is 30.8 Å². The smallest absolute Gasteiger partial charge is 0.237 e. The Hall–Kier alpha value is -2.12. The van der Waals surface area contributed by atoms with E-state index in [1.54, 1.807) is 7.11 Å². The molecule has 1 aromatic heterocycles. The number of rotatable bonds is 7. The van der Waals surface area contributed by atoms with E-state index < -0.39 is 6.04 Å². The Morgan fingerprint density at radius 3 is 2.62 bits per heavy atom. The van der Waals surface area contributed by atoms with Gasteiger partial charge in [-0.3, -0.25) is 9.89 Å². The molecule has 7 nitrogen and oxygen atoms in total. The monoisotopic (exact) mass is 353 g/mol. The highest BCUT2D eigenvalue weighted by Crippen LogP contribution is 2.18. The number of carbonyl (C=O) groups excluding carboxylic acids is 1. The highest BCUT2D eigenvalue weighted by Gasteiger charge is 2.19. The number of methoxy groups -OCH3 is 1. The Balaban J connectivity index is 0.00000288. The van der Waals surface area contributed by atoms with Crippen LogP contribution in [0.2, 0.25) is 0 Å². The molecule has 2 atom stereocenters. The molecule has 2 rings (SSSR count). The van der Waals surface area contributed by atoms with Crippen LogP contribution < -0.4 is 15.8 Å². The van der Waals surface area contributed by atoms with Crippen LogP contribution in [0.3, 0.4) is 0 Å². The fourth-order valence-corrected chi connectivity index (χ4v) is 2.04. The maximum absolute atomic E-state index is 12.0. The lowest BCUT2D eigenvalue weighted by atomic mass is 9.99. The second-order valence-corrected chi connectivity index (χ2v) is 5.46. The Kier molecular flexibility index (Phi) is 7.67. The van der Waals surface area contributed by atoms with Crippen LogP contribution in [-0.4, -0.2) is 34.2 Å². The van der Waals surface area contributed by atoms with Crippen LogP contribution in [0.5, 0.6) is 5.75 Å². The van der Waals surface area contributed by atoms with Gasteiger partial charge in [0.05, 0.1) is 19.7 Å². The fourth-order valence-electron chi connectivity index (χ4n) is 2.04. The number of carbonyl (C=O) groups is 1. The number of nitrogens with two attached hydrogens (primary N) is 1. The SMILES string of the molecule is CCC(C)C(N)C(=O)NCc1nc(-c2ccc(OC)cc2)n[nH]1.Cl. The molecule has 0 saturated carbocycles. The van der Waals surface area contributed by atoms with E-state index in [9.17, 15) is 4.79 Å². The first-order chi connectivity index (χ1) is 11.0. The zero-order valence-corrected chi connectivity index (χ0v) is 14.9. The molecule has 0 spiro atoms. The summed E-state index contributed by atoms with van der Waals surface area (Å²) in [4.78, 5) is 16.3. The van der Waals surface area contributed by atoms with Crippen LogP contribution >= 0.6 is 12.4 Å². The van der Waals surface area contributed by atoms with Crippen molar-refractivity contribution in [3.8, 4) is 17.1 Å². The van der Waals surface area contributed by atoms with Gasteiger partial charge in [0.25, 0.3) is 0 Å². The highest BCUT2D eigenvalue weighted by atomic mass is 35.5. The summed E-state index contributed by atoms with van der Waals surface area (Å²) in [6.45, 7) is 4.24. The first-order valence-corrected chi connectivity index (χ1v) is 7.64. The first-order valence-electron chi connectivity index (χ1n) is 7.64. The molecule has 1 heterocycles. The summed E-state index contributed by atoms with van der Waals surface area (Å²) < 4.78 is 5.12. The number of aromatic amines is 1. The molecule has 2 aromatic rings. The molecule has 0 aliphatic carbocycles. The van der Waals surface area contributed by atoms with Gasteiger partial charge in [0, 0.05) is 5.56 Å². The van der Waals surface area contributed by atoms with Gasteiger partial charge in [0.1, 0.15) is 11.6 Å². The van der Waals surface area contributed by atoms with Gasteiger partial charge in [-0.15, -0.1) is 12.4 Å². The van der Waals surface area contributed by atoms with Crippen molar-refractivity contribution < 1.29 is 9.53 Å². The lowest BCUT2D eigenvalue weighted by molar-refractivity contribution is -0.123. The number of halogens is 1. The molecule has 24 heavy (non-hydrogen) atoms. The number of amides is 1. The zero-order chi connectivity index (χ0) is 16.8. The first kappa shape index (κ1) is 19.9.